The first kappa shape index (κ1) is 11.6. The maximum absolute atomic E-state index is 10.8. The van der Waals surface area contributed by atoms with E-state index in [1.54, 1.807) is 12.4 Å². The second-order valence-corrected chi connectivity index (χ2v) is 3.96. The molecule has 0 N–H and O–H groups in total. The molecule has 1 aliphatic rings. The Bertz CT molecular complexity index is 460. The third kappa shape index (κ3) is 2.61. The zero-order valence-corrected chi connectivity index (χ0v) is 9.85. The van der Waals surface area contributed by atoms with Crippen molar-refractivity contribution >= 4 is 11.9 Å². The molecule has 0 unspecified atom stereocenters. The summed E-state index contributed by atoms with van der Waals surface area (Å²) in [5, 5.41) is 0. The van der Waals surface area contributed by atoms with Crippen LogP contribution < -0.4 is 0 Å². The lowest BCUT2D eigenvalue weighted by atomic mass is 9.96. The van der Waals surface area contributed by atoms with Crippen LogP contribution in [-0.2, 0) is 9.53 Å². The molecule has 0 radical (unpaired) electrons. The van der Waals surface area contributed by atoms with E-state index in [1.807, 2.05) is 18.2 Å². The Labute approximate surface area is 101 Å². The molecule has 17 heavy (non-hydrogen) atoms. The molecule has 2 heterocycles. The van der Waals surface area contributed by atoms with Gasteiger partial charge in [-0.15, -0.1) is 0 Å². The van der Waals surface area contributed by atoms with Gasteiger partial charge >= 0.3 is 0 Å². The fourth-order valence-electron chi connectivity index (χ4n) is 1.93. The van der Waals surface area contributed by atoms with E-state index in [2.05, 4.69) is 11.9 Å². The second-order valence-electron chi connectivity index (χ2n) is 3.96. The van der Waals surface area contributed by atoms with Gasteiger partial charge in [-0.2, -0.15) is 0 Å². The highest BCUT2D eigenvalue weighted by Crippen LogP contribution is 2.28. The van der Waals surface area contributed by atoms with E-state index in [-0.39, 0.29) is 0 Å². The third-order valence-corrected chi connectivity index (χ3v) is 2.74. The van der Waals surface area contributed by atoms with Crippen LogP contribution in [0.15, 0.2) is 41.9 Å². The number of hydrogen-bond acceptors (Lipinski definition) is 3. The Hall–Kier alpha value is -1.90. The third-order valence-electron chi connectivity index (χ3n) is 2.74. The first-order valence-electron chi connectivity index (χ1n) is 5.77. The lowest BCUT2D eigenvalue weighted by molar-refractivity contribution is -0.107. The number of allylic oxidation sites excluding steroid dienone is 3. The zero-order valence-electron chi connectivity index (χ0n) is 9.85. The van der Waals surface area contributed by atoms with Crippen LogP contribution in [0, 0.1) is 0 Å². The van der Waals surface area contributed by atoms with Crippen molar-refractivity contribution in [1.29, 1.82) is 0 Å². The van der Waals surface area contributed by atoms with Gasteiger partial charge in [0.15, 0.2) is 12.0 Å². The summed E-state index contributed by atoms with van der Waals surface area (Å²) >= 11 is 0. The summed E-state index contributed by atoms with van der Waals surface area (Å²) in [4.78, 5) is 14.8. The van der Waals surface area contributed by atoms with Gasteiger partial charge in [0, 0.05) is 12.4 Å². The molecule has 0 saturated heterocycles. The molecule has 1 aromatic rings. The quantitative estimate of drug-likeness (QED) is 0.745. The Morgan fingerprint density at radius 2 is 2.18 bits per heavy atom. The molecule has 1 aromatic heterocycles. The van der Waals surface area contributed by atoms with E-state index in [9.17, 15) is 4.79 Å². The van der Waals surface area contributed by atoms with Crippen molar-refractivity contribution in [3.8, 4) is 0 Å². The highest BCUT2D eigenvalue weighted by Gasteiger charge is 2.14. The molecule has 0 spiro atoms. The number of carbonyl (C=O) groups excluding carboxylic acids is 1. The molecule has 0 atom stereocenters. The highest BCUT2D eigenvalue weighted by molar-refractivity contribution is 5.84. The normalized spacial score (nSPS) is 15.2. The van der Waals surface area contributed by atoms with Crippen molar-refractivity contribution in [2.24, 2.45) is 0 Å². The van der Waals surface area contributed by atoms with Crippen LogP contribution in [0.4, 0.5) is 0 Å². The highest BCUT2D eigenvalue weighted by atomic mass is 16.5. The van der Waals surface area contributed by atoms with E-state index in [1.165, 1.54) is 5.57 Å². The van der Waals surface area contributed by atoms with Crippen molar-refractivity contribution in [3.63, 3.8) is 0 Å². The van der Waals surface area contributed by atoms with Crippen molar-refractivity contribution in [2.75, 3.05) is 6.61 Å². The predicted molar refractivity (Wildman–Crippen MR) is 66.2 cm³/mol. The Kier molecular flexibility index (Phi) is 3.70. The maximum Gasteiger partial charge on any atom is 0.184 e. The number of pyridine rings is 1. The number of carbonyl (C=O) groups is 1. The average molecular weight is 229 g/mol. The van der Waals surface area contributed by atoms with Gasteiger partial charge in [0.1, 0.15) is 6.61 Å². The topological polar surface area (TPSA) is 39.2 Å². The predicted octanol–water partition coefficient (Wildman–Crippen LogP) is 2.75. The number of aldehydes is 1. The molecule has 88 valence electrons. The van der Waals surface area contributed by atoms with Crippen LogP contribution in [0.2, 0.25) is 0 Å². The van der Waals surface area contributed by atoms with Crippen molar-refractivity contribution < 1.29 is 9.53 Å². The molecule has 0 aliphatic carbocycles. The molecule has 3 heteroatoms. The minimum Gasteiger partial charge on any atom is -0.486 e. The molecule has 0 saturated carbocycles. The Balaban J connectivity index is 2.43. The molecular weight excluding hydrogens is 214 g/mol. The summed E-state index contributed by atoms with van der Waals surface area (Å²) < 4.78 is 5.36. The minimum atomic E-state index is 0.400. The lowest BCUT2D eigenvalue weighted by Gasteiger charge is -2.19. The summed E-state index contributed by atoms with van der Waals surface area (Å²) in [6, 6.07) is 3.91. The summed E-state index contributed by atoms with van der Waals surface area (Å²) in [6.45, 7) is 2.65. The summed E-state index contributed by atoms with van der Waals surface area (Å²) in [7, 11) is 0. The van der Waals surface area contributed by atoms with Gasteiger partial charge in [-0.3, -0.25) is 9.78 Å². The van der Waals surface area contributed by atoms with Gasteiger partial charge in [-0.05, 0) is 41.3 Å². The number of rotatable bonds is 4. The smallest absolute Gasteiger partial charge is 0.184 e. The number of ether oxygens (including phenoxy) is 1. The fraction of sp³-hybridized carbons (Fsp3) is 0.286. The van der Waals surface area contributed by atoms with E-state index in [4.69, 9.17) is 4.74 Å². The molecule has 2 rings (SSSR count). The monoisotopic (exact) mass is 229 g/mol. The van der Waals surface area contributed by atoms with Crippen molar-refractivity contribution in [2.45, 2.75) is 19.8 Å². The molecule has 0 aromatic carbocycles. The molecule has 0 amide bonds. The SMILES string of the molecule is CCCC1=C(c2ccncc2)C=C(C=O)OC1. The van der Waals surface area contributed by atoms with Crippen molar-refractivity contribution in [1.82, 2.24) is 4.98 Å². The second kappa shape index (κ2) is 5.43. The van der Waals surface area contributed by atoms with E-state index >= 15 is 0 Å². The van der Waals surface area contributed by atoms with Crippen LogP contribution >= 0.6 is 0 Å². The van der Waals surface area contributed by atoms with Crippen LogP contribution in [0.5, 0.6) is 0 Å². The zero-order chi connectivity index (χ0) is 12.1. The first-order chi connectivity index (χ1) is 8.35. The van der Waals surface area contributed by atoms with Gasteiger partial charge in [0.05, 0.1) is 0 Å². The summed E-state index contributed by atoms with van der Waals surface area (Å²) in [5.74, 6) is 0.400. The summed E-state index contributed by atoms with van der Waals surface area (Å²) in [6.07, 6.45) is 8.14. The maximum atomic E-state index is 10.8. The fourth-order valence-corrected chi connectivity index (χ4v) is 1.93. The largest absolute Gasteiger partial charge is 0.486 e. The van der Waals surface area contributed by atoms with E-state index in [0.29, 0.717) is 12.4 Å². The number of hydrogen-bond donors (Lipinski definition) is 0. The first-order valence-corrected chi connectivity index (χ1v) is 5.77. The number of aromatic nitrogens is 1. The van der Waals surface area contributed by atoms with E-state index < -0.39 is 0 Å². The lowest BCUT2D eigenvalue weighted by Crippen LogP contribution is -2.08. The Morgan fingerprint density at radius 3 is 2.82 bits per heavy atom. The van der Waals surface area contributed by atoms with Gasteiger partial charge in [-0.1, -0.05) is 13.3 Å². The van der Waals surface area contributed by atoms with E-state index in [0.717, 1.165) is 30.3 Å². The molecule has 1 aliphatic heterocycles. The summed E-state index contributed by atoms with van der Waals surface area (Å²) in [5.41, 5.74) is 3.43. The molecular formula is C14H15NO2. The van der Waals surface area contributed by atoms with Crippen LogP contribution in [0.25, 0.3) is 5.57 Å². The van der Waals surface area contributed by atoms with Crippen LogP contribution in [0.3, 0.4) is 0 Å². The average Bonchev–Trinajstić information content (AvgIpc) is 2.40. The van der Waals surface area contributed by atoms with Gasteiger partial charge in [-0.25, -0.2) is 0 Å². The standard InChI is InChI=1S/C14H15NO2/c1-2-3-12-10-17-13(9-16)8-14(12)11-4-6-15-7-5-11/h4-9H,2-3,10H2,1H3. The molecule has 0 fully saturated rings. The molecule has 0 bridgehead atoms. The minimum absolute atomic E-state index is 0.400. The number of nitrogens with zero attached hydrogens (tertiary/aromatic N) is 1. The van der Waals surface area contributed by atoms with Gasteiger partial charge in [0.2, 0.25) is 0 Å². The van der Waals surface area contributed by atoms with Crippen molar-refractivity contribution in [3.05, 3.63) is 47.5 Å². The van der Waals surface area contributed by atoms with Gasteiger partial charge in [0.25, 0.3) is 0 Å². The van der Waals surface area contributed by atoms with Crippen LogP contribution in [-0.4, -0.2) is 17.9 Å². The van der Waals surface area contributed by atoms with Crippen LogP contribution in [0.1, 0.15) is 25.3 Å². The van der Waals surface area contributed by atoms with Gasteiger partial charge < -0.3 is 4.74 Å². The molecule has 3 nitrogen and oxygen atoms in total. The Morgan fingerprint density at radius 1 is 1.41 bits per heavy atom.